The van der Waals surface area contributed by atoms with Crippen LogP contribution in [0, 0.1) is 12.8 Å². The van der Waals surface area contributed by atoms with Crippen LogP contribution in [0.3, 0.4) is 0 Å². The zero-order valence-electron chi connectivity index (χ0n) is 15.7. The summed E-state index contributed by atoms with van der Waals surface area (Å²) in [5.74, 6) is 1.18. The van der Waals surface area contributed by atoms with Crippen molar-refractivity contribution < 1.29 is 4.79 Å². The lowest BCUT2D eigenvalue weighted by molar-refractivity contribution is 0.0667. The quantitative estimate of drug-likeness (QED) is 0.861. The summed E-state index contributed by atoms with van der Waals surface area (Å²) in [6.07, 6.45) is 7.74. The zero-order valence-corrected chi connectivity index (χ0v) is 15.7. The number of carbonyl (C=O) groups is 1. The van der Waals surface area contributed by atoms with Gasteiger partial charge in [-0.15, -0.1) is 0 Å². The first kappa shape index (κ1) is 18.4. The number of hydrogen-bond acceptors (Lipinski definition) is 4. The molecule has 1 aromatic carbocycles. The number of hydrogen-bond donors (Lipinski definition) is 1. The van der Waals surface area contributed by atoms with E-state index in [4.69, 9.17) is 0 Å². The Kier molecular flexibility index (Phi) is 6.21. The molecule has 5 nitrogen and oxygen atoms in total. The first-order valence-electron chi connectivity index (χ1n) is 9.57. The van der Waals surface area contributed by atoms with E-state index in [2.05, 4.69) is 46.5 Å². The van der Waals surface area contributed by atoms with Gasteiger partial charge in [0.05, 0.1) is 5.56 Å². The molecule has 2 heterocycles. The van der Waals surface area contributed by atoms with Crippen LogP contribution in [0.15, 0.2) is 36.7 Å². The predicted octanol–water partition coefficient (Wildman–Crippen LogP) is 3.70. The summed E-state index contributed by atoms with van der Waals surface area (Å²) >= 11 is 0. The molecule has 0 saturated carbocycles. The van der Waals surface area contributed by atoms with Crippen LogP contribution in [-0.4, -0.2) is 40.4 Å². The van der Waals surface area contributed by atoms with Crippen LogP contribution in [0.5, 0.6) is 0 Å². The van der Waals surface area contributed by atoms with E-state index in [0.29, 0.717) is 17.4 Å². The van der Waals surface area contributed by atoms with Gasteiger partial charge in [-0.25, -0.2) is 9.97 Å². The lowest BCUT2D eigenvalue weighted by Gasteiger charge is -2.33. The first-order chi connectivity index (χ1) is 12.7. The van der Waals surface area contributed by atoms with Crippen LogP contribution in [0.4, 0.5) is 5.95 Å². The molecule has 2 aromatic rings. The van der Waals surface area contributed by atoms with Crippen molar-refractivity contribution in [3.05, 3.63) is 53.3 Å². The highest BCUT2D eigenvalue weighted by molar-refractivity contribution is 5.93. The highest BCUT2D eigenvalue weighted by atomic mass is 16.2. The van der Waals surface area contributed by atoms with Crippen molar-refractivity contribution in [3.8, 4) is 0 Å². The van der Waals surface area contributed by atoms with Crippen LogP contribution >= 0.6 is 0 Å². The smallest absolute Gasteiger partial charge is 0.257 e. The number of anilines is 1. The number of rotatable bonds is 6. The van der Waals surface area contributed by atoms with Gasteiger partial charge < -0.3 is 10.2 Å². The molecule has 1 saturated heterocycles. The number of nitrogens with zero attached hydrogens (tertiary/aromatic N) is 3. The summed E-state index contributed by atoms with van der Waals surface area (Å²) in [5.41, 5.74) is 3.35. The van der Waals surface area contributed by atoms with Crippen molar-refractivity contribution in [2.24, 2.45) is 5.92 Å². The number of aryl methyl sites for hydroxylation is 2. The largest absolute Gasteiger partial charge is 0.355 e. The minimum atomic E-state index is 0.0497. The van der Waals surface area contributed by atoms with Crippen LogP contribution in [0.25, 0.3) is 0 Å². The van der Waals surface area contributed by atoms with Gasteiger partial charge in [0.25, 0.3) is 5.91 Å². The third kappa shape index (κ3) is 4.59. The SMILES string of the molecule is CCNc1ncc(C(=O)N2CCCC(CCc3ccccc3C)C2)cn1. The van der Waals surface area contributed by atoms with Crippen LogP contribution in [-0.2, 0) is 6.42 Å². The normalized spacial score (nSPS) is 17.2. The molecular weight excluding hydrogens is 324 g/mol. The van der Waals surface area contributed by atoms with Gasteiger partial charge in [-0.2, -0.15) is 0 Å². The van der Waals surface area contributed by atoms with Crippen LogP contribution in [0.1, 0.15) is 47.7 Å². The Morgan fingerprint density at radius 3 is 2.77 bits per heavy atom. The summed E-state index contributed by atoms with van der Waals surface area (Å²) in [5, 5.41) is 3.05. The fourth-order valence-electron chi connectivity index (χ4n) is 3.61. The number of benzene rings is 1. The summed E-state index contributed by atoms with van der Waals surface area (Å²) in [6.45, 7) is 6.59. The number of amides is 1. The summed E-state index contributed by atoms with van der Waals surface area (Å²) in [7, 11) is 0. The highest BCUT2D eigenvalue weighted by Crippen LogP contribution is 2.23. The predicted molar refractivity (Wildman–Crippen MR) is 104 cm³/mol. The summed E-state index contributed by atoms with van der Waals surface area (Å²) in [6, 6.07) is 8.58. The average molecular weight is 352 g/mol. The first-order valence-corrected chi connectivity index (χ1v) is 9.57. The number of nitrogens with one attached hydrogen (secondary N) is 1. The molecule has 3 rings (SSSR count). The fraction of sp³-hybridized carbons (Fsp3) is 0.476. The topological polar surface area (TPSA) is 58.1 Å². The van der Waals surface area contributed by atoms with Gasteiger partial charge in [-0.3, -0.25) is 4.79 Å². The molecule has 1 N–H and O–H groups in total. The number of piperidine rings is 1. The average Bonchev–Trinajstić information content (AvgIpc) is 2.68. The van der Waals surface area contributed by atoms with Gasteiger partial charge in [0.2, 0.25) is 5.95 Å². The van der Waals surface area contributed by atoms with E-state index in [0.717, 1.165) is 38.9 Å². The van der Waals surface area contributed by atoms with Crippen LogP contribution in [0.2, 0.25) is 0 Å². The number of aromatic nitrogens is 2. The highest BCUT2D eigenvalue weighted by Gasteiger charge is 2.24. The molecule has 0 aliphatic carbocycles. The second-order valence-electron chi connectivity index (χ2n) is 7.05. The second-order valence-corrected chi connectivity index (χ2v) is 7.05. The minimum absolute atomic E-state index is 0.0497. The molecule has 1 unspecified atom stereocenters. The summed E-state index contributed by atoms with van der Waals surface area (Å²) < 4.78 is 0. The maximum absolute atomic E-state index is 12.8. The molecule has 1 aromatic heterocycles. The van der Waals surface area contributed by atoms with Gasteiger partial charge in [0.1, 0.15) is 0 Å². The molecule has 5 heteroatoms. The monoisotopic (exact) mass is 352 g/mol. The number of likely N-dealkylation sites (tertiary alicyclic amines) is 1. The third-order valence-corrected chi connectivity index (χ3v) is 5.12. The zero-order chi connectivity index (χ0) is 18.4. The second kappa shape index (κ2) is 8.79. The van der Waals surface area contributed by atoms with E-state index in [1.807, 2.05) is 11.8 Å². The maximum atomic E-state index is 12.8. The molecule has 1 fully saturated rings. The van der Waals surface area contributed by atoms with Crippen molar-refractivity contribution in [3.63, 3.8) is 0 Å². The minimum Gasteiger partial charge on any atom is -0.355 e. The lowest BCUT2D eigenvalue weighted by atomic mass is 9.90. The van der Waals surface area contributed by atoms with Gasteiger partial charge in [-0.1, -0.05) is 24.3 Å². The summed E-state index contributed by atoms with van der Waals surface area (Å²) in [4.78, 5) is 23.2. The molecule has 138 valence electrons. The third-order valence-electron chi connectivity index (χ3n) is 5.12. The Labute approximate surface area is 155 Å². The van der Waals surface area contributed by atoms with Gasteiger partial charge in [0.15, 0.2) is 0 Å². The molecule has 1 amide bonds. The molecule has 26 heavy (non-hydrogen) atoms. The van der Waals surface area contributed by atoms with E-state index in [9.17, 15) is 4.79 Å². The van der Waals surface area contributed by atoms with Gasteiger partial charge in [-0.05, 0) is 56.6 Å². The molecular formula is C21H28N4O. The molecule has 1 atom stereocenters. The van der Waals surface area contributed by atoms with E-state index in [-0.39, 0.29) is 5.91 Å². The molecule has 1 aliphatic heterocycles. The maximum Gasteiger partial charge on any atom is 0.257 e. The lowest BCUT2D eigenvalue weighted by Crippen LogP contribution is -2.40. The van der Waals surface area contributed by atoms with Gasteiger partial charge in [0, 0.05) is 32.0 Å². The Balaban J connectivity index is 1.57. The molecule has 0 bridgehead atoms. The Morgan fingerprint density at radius 1 is 1.27 bits per heavy atom. The standard InChI is InChI=1S/C21H28N4O/c1-3-22-21-23-13-19(14-24-21)20(26)25-12-6-8-17(15-25)10-11-18-9-5-4-7-16(18)2/h4-5,7,9,13-14,17H,3,6,8,10-12,15H2,1-2H3,(H,22,23,24). The van der Waals surface area contributed by atoms with E-state index < -0.39 is 0 Å². The Hall–Kier alpha value is -2.43. The molecule has 0 radical (unpaired) electrons. The number of carbonyl (C=O) groups excluding carboxylic acids is 1. The van der Waals surface area contributed by atoms with E-state index >= 15 is 0 Å². The molecule has 0 spiro atoms. The molecule has 1 aliphatic rings. The van der Waals surface area contributed by atoms with Crippen molar-refractivity contribution in [1.29, 1.82) is 0 Å². The van der Waals surface area contributed by atoms with Crippen LogP contribution < -0.4 is 5.32 Å². The van der Waals surface area contributed by atoms with Gasteiger partial charge >= 0.3 is 0 Å². The van der Waals surface area contributed by atoms with E-state index in [1.54, 1.807) is 12.4 Å². The van der Waals surface area contributed by atoms with Crippen molar-refractivity contribution >= 4 is 11.9 Å². The van der Waals surface area contributed by atoms with E-state index in [1.165, 1.54) is 17.5 Å². The van der Waals surface area contributed by atoms with Crippen molar-refractivity contribution in [2.75, 3.05) is 25.0 Å². The van der Waals surface area contributed by atoms with Crippen molar-refractivity contribution in [1.82, 2.24) is 14.9 Å². The van der Waals surface area contributed by atoms with Crippen molar-refractivity contribution in [2.45, 2.75) is 39.5 Å². The Bertz CT molecular complexity index is 729. The Morgan fingerprint density at radius 2 is 2.04 bits per heavy atom. The fourth-order valence-corrected chi connectivity index (χ4v) is 3.61.